The first-order valence-electron chi connectivity index (χ1n) is 7.55. The molecular weight excluding hydrogens is 270 g/mol. The van der Waals surface area contributed by atoms with Crippen molar-refractivity contribution in [3.63, 3.8) is 0 Å². The summed E-state index contributed by atoms with van der Waals surface area (Å²) in [6, 6.07) is 0. The number of nitrogens with one attached hydrogen (secondary N) is 1. The zero-order chi connectivity index (χ0) is 15.0. The summed E-state index contributed by atoms with van der Waals surface area (Å²) >= 11 is 1.80. The number of thiazole rings is 1. The zero-order valence-corrected chi connectivity index (χ0v) is 14.3. The summed E-state index contributed by atoms with van der Waals surface area (Å²) in [4.78, 5) is 8.44. The average molecular weight is 299 g/mol. The first-order chi connectivity index (χ1) is 9.62. The van der Waals surface area contributed by atoms with Crippen LogP contribution in [0.5, 0.6) is 0 Å². The quantitative estimate of drug-likeness (QED) is 0.673. The van der Waals surface area contributed by atoms with Crippen molar-refractivity contribution in [2.45, 2.75) is 47.3 Å². The Kier molecular flexibility index (Phi) is 8.11. The van der Waals surface area contributed by atoms with Crippen LogP contribution in [0, 0.1) is 5.92 Å². The maximum atomic E-state index is 5.28. The van der Waals surface area contributed by atoms with Gasteiger partial charge in [-0.3, -0.25) is 0 Å². The standard InChI is InChI=1S/C15H29N3OS/c1-6-8-16-9-14-13(11-19-5)17-15(20-14)18(7-2)10-12(3)4/h12,16H,6-11H2,1-5H3. The van der Waals surface area contributed by atoms with E-state index in [4.69, 9.17) is 9.72 Å². The van der Waals surface area contributed by atoms with Crippen molar-refractivity contribution in [1.29, 1.82) is 0 Å². The molecule has 1 aromatic heterocycles. The van der Waals surface area contributed by atoms with Gasteiger partial charge in [0.15, 0.2) is 5.13 Å². The number of hydrogen-bond donors (Lipinski definition) is 1. The van der Waals surface area contributed by atoms with Crippen molar-refractivity contribution in [2.24, 2.45) is 5.92 Å². The normalized spacial score (nSPS) is 11.3. The van der Waals surface area contributed by atoms with Crippen molar-refractivity contribution < 1.29 is 4.74 Å². The lowest BCUT2D eigenvalue weighted by Crippen LogP contribution is -2.27. The molecule has 1 rings (SSSR count). The summed E-state index contributed by atoms with van der Waals surface area (Å²) in [5, 5.41) is 4.58. The number of methoxy groups -OCH3 is 1. The fourth-order valence-corrected chi connectivity index (χ4v) is 3.16. The fraction of sp³-hybridized carbons (Fsp3) is 0.800. The van der Waals surface area contributed by atoms with E-state index in [9.17, 15) is 0 Å². The van der Waals surface area contributed by atoms with Gasteiger partial charge in [-0.1, -0.05) is 20.8 Å². The lowest BCUT2D eigenvalue weighted by Gasteiger charge is -2.21. The van der Waals surface area contributed by atoms with Crippen molar-refractivity contribution in [3.05, 3.63) is 10.6 Å². The second-order valence-electron chi connectivity index (χ2n) is 5.41. The van der Waals surface area contributed by atoms with Crippen LogP contribution < -0.4 is 10.2 Å². The molecule has 1 aromatic rings. The number of nitrogens with zero attached hydrogens (tertiary/aromatic N) is 2. The summed E-state index contributed by atoms with van der Waals surface area (Å²) in [7, 11) is 1.73. The molecule has 0 unspecified atom stereocenters. The zero-order valence-electron chi connectivity index (χ0n) is 13.5. The third-order valence-corrected chi connectivity index (χ3v) is 4.16. The number of ether oxygens (including phenoxy) is 1. The molecule has 0 spiro atoms. The van der Waals surface area contributed by atoms with Crippen LogP contribution >= 0.6 is 11.3 Å². The third kappa shape index (κ3) is 5.38. The lowest BCUT2D eigenvalue weighted by atomic mass is 10.2. The second kappa shape index (κ2) is 9.32. The van der Waals surface area contributed by atoms with Gasteiger partial charge in [0.2, 0.25) is 0 Å². The van der Waals surface area contributed by atoms with Gasteiger partial charge >= 0.3 is 0 Å². The molecule has 5 heteroatoms. The topological polar surface area (TPSA) is 37.4 Å². The number of hydrogen-bond acceptors (Lipinski definition) is 5. The Bertz CT molecular complexity index is 379. The predicted octanol–water partition coefficient (Wildman–Crippen LogP) is 3.27. The molecule has 0 aliphatic heterocycles. The van der Waals surface area contributed by atoms with Crippen molar-refractivity contribution in [3.8, 4) is 0 Å². The monoisotopic (exact) mass is 299 g/mol. The summed E-state index contributed by atoms with van der Waals surface area (Å²) in [6.07, 6.45) is 1.15. The molecule has 116 valence electrons. The maximum absolute atomic E-state index is 5.28. The van der Waals surface area contributed by atoms with Gasteiger partial charge in [-0.15, -0.1) is 11.3 Å². The van der Waals surface area contributed by atoms with Gasteiger partial charge in [0.25, 0.3) is 0 Å². The molecule has 0 saturated heterocycles. The van der Waals surface area contributed by atoms with Gasteiger partial charge in [-0.25, -0.2) is 4.98 Å². The molecule has 0 radical (unpaired) electrons. The Morgan fingerprint density at radius 3 is 2.65 bits per heavy atom. The molecule has 0 bridgehead atoms. The molecule has 20 heavy (non-hydrogen) atoms. The minimum Gasteiger partial charge on any atom is -0.378 e. The average Bonchev–Trinajstić information content (AvgIpc) is 2.80. The van der Waals surface area contributed by atoms with E-state index >= 15 is 0 Å². The Morgan fingerprint density at radius 1 is 1.35 bits per heavy atom. The lowest BCUT2D eigenvalue weighted by molar-refractivity contribution is 0.181. The van der Waals surface area contributed by atoms with Crippen LogP contribution in [0.4, 0.5) is 5.13 Å². The fourth-order valence-electron chi connectivity index (χ4n) is 2.05. The van der Waals surface area contributed by atoms with Crippen LogP contribution in [-0.2, 0) is 17.9 Å². The molecule has 0 amide bonds. The van der Waals surface area contributed by atoms with Crippen LogP contribution in [0.25, 0.3) is 0 Å². The van der Waals surface area contributed by atoms with E-state index in [0.29, 0.717) is 12.5 Å². The summed E-state index contributed by atoms with van der Waals surface area (Å²) in [5.41, 5.74) is 1.08. The number of rotatable bonds is 10. The van der Waals surface area contributed by atoms with E-state index in [0.717, 1.165) is 43.4 Å². The van der Waals surface area contributed by atoms with Crippen LogP contribution in [0.15, 0.2) is 0 Å². The van der Waals surface area contributed by atoms with Gasteiger partial charge in [-0.2, -0.15) is 0 Å². The van der Waals surface area contributed by atoms with Gasteiger partial charge in [0.05, 0.1) is 12.3 Å². The molecule has 1 heterocycles. The molecule has 0 fully saturated rings. The van der Waals surface area contributed by atoms with Crippen LogP contribution in [0.3, 0.4) is 0 Å². The van der Waals surface area contributed by atoms with Crippen molar-refractivity contribution in [2.75, 3.05) is 31.6 Å². The number of aromatic nitrogens is 1. The highest BCUT2D eigenvalue weighted by Crippen LogP contribution is 2.27. The molecule has 1 N–H and O–H groups in total. The Hall–Kier alpha value is -0.650. The third-order valence-electron chi connectivity index (χ3n) is 3.00. The Labute approximate surface area is 127 Å². The SMILES string of the molecule is CCCNCc1sc(N(CC)CC(C)C)nc1COC. The van der Waals surface area contributed by atoms with Crippen molar-refractivity contribution in [1.82, 2.24) is 10.3 Å². The highest BCUT2D eigenvalue weighted by atomic mass is 32.1. The number of anilines is 1. The van der Waals surface area contributed by atoms with Gasteiger partial charge in [-0.05, 0) is 25.8 Å². The summed E-state index contributed by atoms with van der Waals surface area (Å²) in [6.45, 7) is 13.5. The van der Waals surface area contributed by atoms with Gasteiger partial charge < -0.3 is 15.0 Å². The van der Waals surface area contributed by atoms with Crippen molar-refractivity contribution >= 4 is 16.5 Å². The Morgan fingerprint density at radius 2 is 2.10 bits per heavy atom. The molecule has 0 aliphatic rings. The molecule has 0 aliphatic carbocycles. The van der Waals surface area contributed by atoms with Crippen LogP contribution in [0.1, 0.15) is 44.7 Å². The van der Waals surface area contributed by atoms with E-state index in [1.54, 1.807) is 18.4 Å². The van der Waals surface area contributed by atoms with E-state index in [1.807, 2.05) is 0 Å². The molecule has 4 nitrogen and oxygen atoms in total. The minimum absolute atomic E-state index is 0.596. The van der Waals surface area contributed by atoms with Gasteiger partial charge in [0, 0.05) is 31.6 Å². The van der Waals surface area contributed by atoms with E-state index < -0.39 is 0 Å². The minimum atomic E-state index is 0.596. The first-order valence-corrected chi connectivity index (χ1v) is 8.37. The van der Waals surface area contributed by atoms with Crippen LogP contribution in [0.2, 0.25) is 0 Å². The van der Waals surface area contributed by atoms with E-state index in [-0.39, 0.29) is 0 Å². The summed E-state index contributed by atoms with van der Waals surface area (Å²) < 4.78 is 5.28. The van der Waals surface area contributed by atoms with Crippen LogP contribution in [-0.4, -0.2) is 31.7 Å². The van der Waals surface area contributed by atoms with E-state index in [1.165, 1.54) is 4.88 Å². The molecule has 0 aromatic carbocycles. The maximum Gasteiger partial charge on any atom is 0.185 e. The highest BCUT2D eigenvalue weighted by Gasteiger charge is 2.15. The largest absolute Gasteiger partial charge is 0.378 e. The smallest absolute Gasteiger partial charge is 0.185 e. The highest BCUT2D eigenvalue weighted by molar-refractivity contribution is 7.15. The van der Waals surface area contributed by atoms with E-state index in [2.05, 4.69) is 37.9 Å². The summed E-state index contributed by atoms with van der Waals surface area (Å²) in [5.74, 6) is 0.645. The molecule has 0 saturated carbocycles. The predicted molar refractivity (Wildman–Crippen MR) is 87.5 cm³/mol. The first kappa shape index (κ1) is 17.4. The molecule has 0 atom stereocenters. The molecular formula is C15H29N3OS. The van der Waals surface area contributed by atoms with Gasteiger partial charge in [0.1, 0.15) is 0 Å². The Balaban J connectivity index is 2.82. The second-order valence-corrected chi connectivity index (χ2v) is 6.47.